The van der Waals surface area contributed by atoms with Gasteiger partial charge in [0.15, 0.2) is 0 Å². The highest BCUT2D eigenvalue weighted by Crippen LogP contribution is 2.30. The van der Waals surface area contributed by atoms with Crippen LogP contribution < -0.4 is 15.4 Å². The number of benzene rings is 1. The minimum absolute atomic E-state index is 0.0230. The molecule has 0 atom stereocenters. The topological polar surface area (TPSA) is 93.7 Å². The van der Waals surface area contributed by atoms with Gasteiger partial charge in [0.1, 0.15) is 21.2 Å². The molecule has 1 fully saturated rings. The molecular formula is C17H26N2O5S. The maximum atomic E-state index is 12.0. The number of sulfone groups is 1. The number of hydrogen-bond acceptors (Lipinski definition) is 6. The van der Waals surface area contributed by atoms with Gasteiger partial charge in [-0.15, -0.1) is 0 Å². The normalized spacial score (nSPS) is 17.6. The van der Waals surface area contributed by atoms with Gasteiger partial charge in [-0.25, -0.2) is 13.2 Å². The van der Waals surface area contributed by atoms with Crippen molar-refractivity contribution in [2.75, 3.05) is 29.2 Å². The summed E-state index contributed by atoms with van der Waals surface area (Å²) in [6, 6.07) is 5.26. The Labute approximate surface area is 149 Å². The first-order valence-corrected chi connectivity index (χ1v) is 10.1. The van der Waals surface area contributed by atoms with E-state index in [1.54, 1.807) is 46.1 Å². The fourth-order valence-electron chi connectivity index (χ4n) is 2.55. The molecule has 140 valence electrons. The molecular weight excluding hydrogens is 344 g/mol. The van der Waals surface area contributed by atoms with Crippen molar-refractivity contribution in [1.82, 2.24) is 0 Å². The molecule has 1 amide bonds. The Balaban J connectivity index is 2.13. The highest BCUT2D eigenvalue weighted by atomic mass is 32.2. The molecule has 1 aromatic carbocycles. The zero-order valence-corrected chi connectivity index (χ0v) is 15.9. The Kier molecular flexibility index (Phi) is 5.82. The first-order chi connectivity index (χ1) is 11.6. The average molecular weight is 370 g/mol. The van der Waals surface area contributed by atoms with Crippen LogP contribution >= 0.6 is 0 Å². The Morgan fingerprint density at radius 3 is 2.36 bits per heavy atom. The van der Waals surface area contributed by atoms with E-state index in [1.165, 1.54) is 0 Å². The maximum Gasteiger partial charge on any atom is 0.412 e. The molecule has 1 aromatic rings. The summed E-state index contributed by atoms with van der Waals surface area (Å²) in [6.45, 7) is 5.38. The molecule has 2 rings (SSSR count). The lowest BCUT2D eigenvalue weighted by molar-refractivity contribution is 0.0636. The number of amides is 1. The molecule has 1 aliphatic rings. The first kappa shape index (κ1) is 19.4. The van der Waals surface area contributed by atoms with Gasteiger partial charge in [0.25, 0.3) is 0 Å². The number of methoxy groups -OCH3 is 1. The molecule has 0 aliphatic carbocycles. The van der Waals surface area contributed by atoms with Crippen LogP contribution in [0.4, 0.5) is 16.2 Å². The first-order valence-electron chi connectivity index (χ1n) is 8.23. The predicted molar refractivity (Wildman–Crippen MR) is 98.1 cm³/mol. The molecule has 0 radical (unpaired) electrons. The maximum absolute atomic E-state index is 12.0. The molecule has 0 bridgehead atoms. The Bertz CT molecular complexity index is 711. The van der Waals surface area contributed by atoms with E-state index in [0.717, 1.165) is 0 Å². The van der Waals surface area contributed by atoms with Crippen molar-refractivity contribution in [1.29, 1.82) is 0 Å². The van der Waals surface area contributed by atoms with Crippen LogP contribution in [0.5, 0.6) is 5.75 Å². The van der Waals surface area contributed by atoms with Crippen molar-refractivity contribution >= 4 is 27.3 Å². The third kappa shape index (κ3) is 6.12. The molecule has 0 saturated carbocycles. The van der Waals surface area contributed by atoms with Crippen molar-refractivity contribution in [3.8, 4) is 5.75 Å². The lowest BCUT2D eigenvalue weighted by Gasteiger charge is -2.26. The van der Waals surface area contributed by atoms with Crippen LogP contribution in [-0.4, -0.2) is 44.8 Å². The predicted octanol–water partition coefficient (Wildman–Crippen LogP) is 3.03. The van der Waals surface area contributed by atoms with Gasteiger partial charge in [0.2, 0.25) is 0 Å². The molecule has 25 heavy (non-hydrogen) atoms. The Hall–Kier alpha value is -1.96. The van der Waals surface area contributed by atoms with Crippen molar-refractivity contribution in [3.05, 3.63) is 18.2 Å². The number of carbonyl (C=O) groups is 1. The van der Waals surface area contributed by atoms with Crippen molar-refractivity contribution in [2.45, 2.75) is 45.3 Å². The minimum atomic E-state index is -2.92. The molecule has 1 saturated heterocycles. The van der Waals surface area contributed by atoms with E-state index in [-0.39, 0.29) is 17.5 Å². The smallest absolute Gasteiger partial charge is 0.412 e. The van der Waals surface area contributed by atoms with Crippen LogP contribution in [0.25, 0.3) is 0 Å². The van der Waals surface area contributed by atoms with E-state index in [1.807, 2.05) is 0 Å². The number of carbonyl (C=O) groups excluding carboxylic acids is 1. The fourth-order valence-corrected chi connectivity index (χ4v) is 4.04. The van der Waals surface area contributed by atoms with Crippen molar-refractivity contribution in [2.24, 2.45) is 0 Å². The van der Waals surface area contributed by atoms with Crippen LogP contribution in [-0.2, 0) is 14.6 Å². The summed E-state index contributed by atoms with van der Waals surface area (Å²) in [5, 5.41) is 6.04. The lowest BCUT2D eigenvalue weighted by Crippen LogP contribution is -2.32. The largest absolute Gasteiger partial charge is 0.497 e. The Morgan fingerprint density at radius 1 is 1.16 bits per heavy atom. The van der Waals surface area contributed by atoms with Gasteiger partial charge >= 0.3 is 6.09 Å². The van der Waals surface area contributed by atoms with Crippen LogP contribution in [0.2, 0.25) is 0 Å². The highest BCUT2D eigenvalue weighted by Gasteiger charge is 2.24. The van der Waals surface area contributed by atoms with Gasteiger partial charge in [0, 0.05) is 12.1 Å². The third-order valence-corrected chi connectivity index (χ3v) is 5.49. The summed E-state index contributed by atoms with van der Waals surface area (Å²) in [7, 11) is -1.36. The van der Waals surface area contributed by atoms with Gasteiger partial charge in [-0.1, -0.05) is 0 Å². The Morgan fingerprint density at radius 2 is 1.80 bits per heavy atom. The van der Waals surface area contributed by atoms with E-state index < -0.39 is 21.5 Å². The number of hydrogen-bond donors (Lipinski definition) is 2. The average Bonchev–Trinajstić information content (AvgIpc) is 2.49. The SMILES string of the molecule is COc1ccc(NC(=O)OC(C)(C)C)c(NC2CCS(=O)(=O)CC2)c1. The second-order valence-corrected chi connectivity index (χ2v) is 9.41. The summed E-state index contributed by atoms with van der Waals surface area (Å²) in [5.74, 6) is 0.980. The van der Waals surface area contributed by atoms with Gasteiger partial charge in [-0.2, -0.15) is 0 Å². The molecule has 0 spiro atoms. The summed E-state index contributed by atoms with van der Waals surface area (Å²) < 4.78 is 33.7. The van der Waals surface area contributed by atoms with Crippen LogP contribution in [0, 0.1) is 0 Å². The van der Waals surface area contributed by atoms with Crippen LogP contribution in [0.1, 0.15) is 33.6 Å². The summed E-state index contributed by atoms with van der Waals surface area (Å²) >= 11 is 0. The van der Waals surface area contributed by atoms with Crippen molar-refractivity contribution < 1.29 is 22.7 Å². The molecule has 7 nitrogen and oxygen atoms in total. The molecule has 2 N–H and O–H groups in total. The van der Waals surface area contributed by atoms with E-state index in [0.29, 0.717) is 30.0 Å². The monoisotopic (exact) mass is 370 g/mol. The van der Waals surface area contributed by atoms with E-state index in [9.17, 15) is 13.2 Å². The standard InChI is InChI=1S/C17H26N2O5S/c1-17(2,3)24-16(20)19-14-6-5-13(23-4)11-15(14)18-12-7-9-25(21,22)10-8-12/h5-6,11-12,18H,7-10H2,1-4H3,(H,19,20). The van der Waals surface area contributed by atoms with Gasteiger partial charge < -0.3 is 14.8 Å². The number of nitrogens with one attached hydrogen (secondary N) is 2. The highest BCUT2D eigenvalue weighted by molar-refractivity contribution is 7.91. The van der Waals surface area contributed by atoms with Gasteiger partial charge in [0.05, 0.1) is 30.0 Å². The summed E-state index contributed by atoms with van der Waals surface area (Å²) in [6.07, 6.45) is 0.517. The zero-order chi connectivity index (χ0) is 18.7. The van der Waals surface area contributed by atoms with Gasteiger partial charge in [-0.05, 0) is 45.7 Å². The third-order valence-electron chi connectivity index (χ3n) is 3.78. The minimum Gasteiger partial charge on any atom is -0.497 e. The number of ether oxygens (including phenoxy) is 2. The van der Waals surface area contributed by atoms with Crippen LogP contribution in [0.3, 0.4) is 0 Å². The summed E-state index contributed by atoms with van der Waals surface area (Å²) in [5.41, 5.74) is 0.639. The molecule has 1 heterocycles. The van der Waals surface area contributed by atoms with Crippen molar-refractivity contribution in [3.63, 3.8) is 0 Å². The van der Waals surface area contributed by atoms with Crippen LogP contribution in [0.15, 0.2) is 18.2 Å². The second-order valence-electron chi connectivity index (χ2n) is 7.11. The zero-order valence-electron chi connectivity index (χ0n) is 15.1. The van der Waals surface area contributed by atoms with E-state index in [4.69, 9.17) is 9.47 Å². The molecule has 0 unspecified atom stereocenters. The molecule has 8 heteroatoms. The van der Waals surface area contributed by atoms with Gasteiger partial charge in [-0.3, -0.25) is 5.32 Å². The summed E-state index contributed by atoms with van der Waals surface area (Å²) in [4.78, 5) is 12.0. The number of anilines is 2. The number of rotatable bonds is 4. The molecule has 0 aromatic heterocycles. The fraction of sp³-hybridized carbons (Fsp3) is 0.588. The second kappa shape index (κ2) is 7.51. The lowest BCUT2D eigenvalue weighted by atomic mass is 10.1. The quantitative estimate of drug-likeness (QED) is 0.846. The molecule has 1 aliphatic heterocycles. The van der Waals surface area contributed by atoms with E-state index >= 15 is 0 Å². The van der Waals surface area contributed by atoms with E-state index in [2.05, 4.69) is 10.6 Å².